The molecule has 3 rings (SSSR count). The first kappa shape index (κ1) is 23.6. The fraction of sp³-hybridized carbons (Fsp3) is 0.440. The van der Waals surface area contributed by atoms with E-state index in [0.717, 1.165) is 36.5 Å². The van der Waals surface area contributed by atoms with Crippen molar-refractivity contribution in [3.05, 3.63) is 64.7 Å². The van der Waals surface area contributed by atoms with Crippen LogP contribution in [-0.4, -0.2) is 51.8 Å². The SMILES string of the molecule is CN=C(NCCNC(=O)c1cccc(C)c1)NCc1ccc(C)cc1OCC1CCOC1. The molecule has 3 N–H and O–H groups in total. The summed E-state index contributed by atoms with van der Waals surface area (Å²) in [4.78, 5) is 16.5. The number of amides is 1. The lowest BCUT2D eigenvalue weighted by Gasteiger charge is -2.17. The Bertz CT molecular complexity index is 923. The standard InChI is InChI=1S/C25H34N4O3/c1-18-5-4-6-21(13-18)24(30)27-10-11-28-25(26-3)29-15-22-8-7-19(2)14-23(22)32-17-20-9-12-31-16-20/h4-8,13-14,20H,9-12,15-17H2,1-3H3,(H,27,30)(H2,26,28,29). The van der Waals surface area contributed by atoms with Crippen molar-refractivity contribution < 1.29 is 14.3 Å². The van der Waals surface area contributed by atoms with E-state index in [1.807, 2.05) is 31.2 Å². The Labute approximate surface area is 190 Å². The number of aryl methyl sites for hydroxylation is 2. The zero-order chi connectivity index (χ0) is 22.8. The van der Waals surface area contributed by atoms with Crippen LogP contribution in [0.15, 0.2) is 47.5 Å². The lowest BCUT2D eigenvalue weighted by molar-refractivity contribution is 0.0954. The molecule has 1 amide bonds. The van der Waals surface area contributed by atoms with Crippen molar-refractivity contribution in [1.29, 1.82) is 0 Å². The van der Waals surface area contributed by atoms with Crippen molar-refractivity contribution in [1.82, 2.24) is 16.0 Å². The number of guanidine groups is 1. The van der Waals surface area contributed by atoms with Crippen LogP contribution in [0.3, 0.4) is 0 Å². The third kappa shape index (κ3) is 7.27. The highest BCUT2D eigenvalue weighted by Crippen LogP contribution is 2.22. The number of carbonyl (C=O) groups is 1. The van der Waals surface area contributed by atoms with Gasteiger partial charge in [0.05, 0.1) is 13.2 Å². The molecule has 32 heavy (non-hydrogen) atoms. The summed E-state index contributed by atoms with van der Waals surface area (Å²) in [5, 5.41) is 9.48. The molecule has 0 aromatic heterocycles. The van der Waals surface area contributed by atoms with E-state index in [4.69, 9.17) is 9.47 Å². The Morgan fingerprint density at radius 3 is 2.66 bits per heavy atom. The molecule has 7 heteroatoms. The number of nitrogens with zero attached hydrogens (tertiary/aromatic N) is 1. The highest BCUT2D eigenvalue weighted by molar-refractivity contribution is 5.94. The molecule has 172 valence electrons. The van der Waals surface area contributed by atoms with Gasteiger partial charge in [-0.2, -0.15) is 0 Å². The predicted octanol–water partition coefficient (Wildman–Crippen LogP) is 2.81. The van der Waals surface area contributed by atoms with Gasteiger partial charge in [-0.15, -0.1) is 0 Å². The van der Waals surface area contributed by atoms with E-state index in [-0.39, 0.29) is 5.91 Å². The fourth-order valence-corrected chi connectivity index (χ4v) is 3.51. The lowest BCUT2D eigenvalue weighted by atomic mass is 10.1. The van der Waals surface area contributed by atoms with Crippen molar-refractivity contribution in [2.24, 2.45) is 10.9 Å². The Hall–Kier alpha value is -3.06. The topological polar surface area (TPSA) is 84.0 Å². The van der Waals surface area contributed by atoms with E-state index in [1.165, 1.54) is 5.56 Å². The molecule has 1 aliphatic heterocycles. The van der Waals surface area contributed by atoms with Gasteiger partial charge in [0, 0.05) is 50.3 Å². The number of rotatable bonds is 9. The van der Waals surface area contributed by atoms with Gasteiger partial charge in [-0.25, -0.2) is 0 Å². The van der Waals surface area contributed by atoms with Crippen molar-refractivity contribution in [3.8, 4) is 5.75 Å². The normalized spacial score (nSPS) is 16.0. The molecule has 0 radical (unpaired) electrons. The Balaban J connectivity index is 1.44. The van der Waals surface area contributed by atoms with Crippen molar-refractivity contribution in [2.75, 3.05) is 40.0 Å². The number of aliphatic imine (C=N–C) groups is 1. The molecule has 1 atom stereocenters. The highest BCUT2D eigenvalue weighted by Gasteiger charge is 2.17. The fourth-order valence-electron chi connectivity index (χ4n) is 3.51. The van der Waals surface area contributed by atoms with E-state index >= 15 is 0 Å². The number of hydrogen-bond donors (Lipinski definition) is 3. The summed E-state index contributed by atoms with van der Waals surface area (Å²) in [6, 6.07) is 13.8. The molecular weight excluding hydrogens is 404 g/mol. The maximum Gasteiger partial charge on any atom is 0.251 e. The first-order valence-corrected chi connectivity index (χ1v) is 11.1. The van der Waals surface area contributed by atoms with Crippen LogP contribution in [0.2, 0.25) is 0 Å². The molecule has 0 saturated carbocycles. The molecule has 1 fully saturated rings. The first-order chi connectivity index (χ1) is 15.5. The van der Waals surface area contributed by atoms with Gasteiger partial charge in [0.2, 0.25) is 0 Å². The second kappa shape index (κ2) is 12.1. The minimum atomic E-state index is -0.0763. The van der Waals surface area contributed by atoms with Crippen LogP contribution in [0.1, 0.15) is 33.5 Å². The largest absolute Gasteiger partial charge is 0.493 e. The van der Waals surface area contributed by atoms with E-state index in [9.17, 15) is 4.79 Å². The maximum absolute atomic E-state index is 12.2. The van der Waals surface area contributed by atoms with Gasteiger partial charge >= 0.3 is 0 Å². The summed E-state index contributed by atoms with van der Waals surface area (Å²) in [5.41, 5.74) is 3.98. The van der Waals surface area contributed by atoms with Gasteiger partial charge in [0.15, 0.2) is 5.96 Å². The Morgan fingerprint density at radius 2 is 1.91 bits per heavy atom. The second-order valence-electron chi connectivity index (χ2n) is 8.13. The van der Waals surface area contributed by atoms with E-state index in [1.54, 1.807) is 7.05 Å². The number of hydrogen-bond acceptors (Lipinski definition) is 4. The smallest absolute Gasteiger partial charge is 0.251 e. The molecule has 1 aliphatic rings. The number of benzene rings is 2. The maximum atomic E-state index is 12.2. The number of carbonyl (C=O) groups excluding carboxylic acids is 1. The molecule has 1 unspecified atom stereocenters. The monoisotopic (exact) mass is 438 g/mol. The number of ether oxygens (including phenoxy) is 2. The summed E-state index contributed by atoms with van der Waals surface area (Å²) in [6.45, 7) is 7.96. The van der Waals surface area contributed by atoms with Gasteiger partial charge in [-0.1, -0.05) is 29.8 Å². The van der Waals surface area contributed by atoms with Crippen LogP contribution in [0, 0.1) is 19.8 Å². The minimum Gasteiger partial charge on any atom is -0.493 e. The number of nitrogens with one attached hydrogen (secondary N) is 3. The predicted molar refractivity (Wildman–Crippen MR) is 127 cm³/mol. The highest BCUT2D eigenvalue weighted by atomic mass is 16.5. The van der Waals surface area contributed by atoms with Gasteiger partial charge in [-0.3, -0.25) is 9.79 Å². The molecule has 2 aromatic carbocycles. The lowest BCUT2D eigenvalue weighted by Crippen LogP contribution is -2.41. The Morgan fingerprint density at radius 1 is 1.09 bits per heavy atom. The van der Waals surface area contributed by atoms with Crippen LogP contribution in [0.4, 0.5) is 0 Å². The molecule has 1 saturated heterocycles. The van der Waals surface area contributed by atoms with E-state index in [0.29, 0.717) is 43.7 Å². The van der Waals surface area contributed by atoms with Gasteiger partial charge in [-0.05, 0) is 44.0 Å². The molecule has 0 spiro atoms. The van der Waals surface area contributed by atoms with Gasteiger partial charge < -0.3 is 25.4 Å². The van der Waals surface area contributed by atoms with Crippen LogP contribution in [0.25, 0.3) is 0 Å². The van der Waals surface area contributed by atoms with Gasteiger partial charge in [0.1, 0.15) is 5.75 Å². The quantitative estimate of drug-likeness (QED) is 0.319. The summed E-state index contributed by atoms with van der Waals surface area (Å²) in [5.74, 6) is 1.95. The second-order valence-corrected chi connectivity index (χ2v) is 8.13. The molecule has 2 aromatic rings. The van der Waals surface area contributed by atoms with E-state index < -0.39 is 0 Å². The zero-order valence-corrected chi connectivity index (χ0v) is 19.2. The third-order valence-electron chi connectivity index (χ3n) is 5.37. The molecule has 0 bridgehead atoms. The summed E-state index contributed by atoms with van der Waals surface area (Å²) >= 11 is 0. The first-order valence-electron chi connectivity index (χ1n) is 11.1. The minimum absolute atomic E-state index is 0.0763. The molecule has 0 aliphatic carbocycles. The van der Waals surface area contributed by atoms with Crippen molar-refractivity contribution in [3.63, 3.8) is 0 Å². The van der Waals surface area contributed by atoms with Gasteiger partial charge in [0.25, 0.3) is 5.91 Å². The summed E-state index contributed by atoms with van der Waals surface area (Å²) in [6.07, 6.45) is 1.05. The third-order valence-corrected chi connectivity index (χ3v) is 5.37. The Kier molecular flexibility index (Phi) is 8.92. The van der Waals surface area contributed by atoms with Crippen LogP contribution < -0.4 is 20.7 Å². The average molecular weight is 439 g/mol. The van der Waals surface area contributed by atoms with E-state index in [2.05, 4.69) is 46.1 Å². The van der Waals surface area contributed by atoms with Crippen LogP contribution >= 0.6 is 0 Å². The zero-order valence-electron chi connectivity index (χ0n) is 19.2. The molecular formula is C25H34N4O3. The van der Waals surface area contributed by atoms with Crippen LogP contribution in [0.5, 0.6) is 5.75 Å². The van der Waals surface area contributed by atoms with Crippen molar-refractivity contribution in [2.45, 2.75) is 26.8 Å². The summed E-state index contributed by atoms with van der Waals surface area (Å²) < 4.78 is 11.6. The van der Waals surface area contributed by atoms with Crippen LogP contribution in [-0.2, 0) is 11.3 Å². The molecule has 7 nitrogen and oxygen atoms in total. The van der Waals surface area contributed by atoms with Crippen molar-refractivity contribution >= 4 is 11.9 Å². The molecule has 1 heterocycles. The average Bonchev–Trinajstić information content (AvgIpc) is 3.31. The summed E-state index contributed by atoms with van der Waals surface area (Å²) in [7, 11) is 1.73.